The minimum atomic E-state index is -0.0705. The van der Waals surface area contributed by atoms with E-state index in [2.05, 4.69) is 14.9 Å². The van der Waals surface area contributed by atoms with E-state index in [0.717, 1.165) is 13.0 Å². The predicted octanol–water partition coefficient (Wildman–Crippen LogP) is 2.08. The molecule has 0 unspecified atom stereocenters. The number of anilines is 1. The second kappa shape index (κ2) is 6.13. The van der Waals surface area contributed by atoms with Crippen LogP contribution in [0.5, 0.6) is 0 Å². The lowest BCUT2D eigenvalue weighted by atomic mass is 10.3. The molecule has 0 N–H and O–H groups in total. The molecule has 7 heteroatoms. The van der Waals surface area contributed by atoms with Crippen molar-refractivity contribution in [3.05, 3.63) is 41.6 Å². The Morgan fingerprint density at radius 3 is 2.71 bits per heavy atom. The summed E-state index contributed by atoms with van der Waals surface area (Å²) in [5.41, 5.74) is 0. The molecular weight excluding hydrogens is 292 g/mol. The van der Waals surface area contributed by atoms with Gasteiger partial charge in [-0.3, -0.25) is 4.79 Å². The largest absolute Gasteiger partial charge is 0.459 e. The van der Waals surface area contributed by atoms with E-state index in [1.54, 1.807) is 29.4 Å². The first-order chi connectivity index (χ1) is 10.2. The van der Waals surface area contributed by atoms with Crippen LogP contribution in [0.1, 0.15) is 17.0 Å². The molecule has 0 radical (unpaired) electrons. The fourth-order valence-corrected chi connectivity index (χ4v) is 2.44. The van der Waals surface area contributed by atoms with Gasteiger partial charge in [0.25, 0.3) is 5.91 Å². The number of carbonyl (C=O) groups is 1. The Hall–Kier alpha value is -2.08. The maximum Gasteiger partial charge on any atom is 0.289 e. The number of hydrogen-bond acceptors (Lipinski definition) is 5. The zero-order chi connectivity index (χ0) is 14.7. The van der Waals surface area contributed by atoms with Crippen molar-refractivity contribution in [2.75, 3.05) is 31.1 Å². The zero-order valence-electron chi connectivity index (χ0n) is 11.4. The van der Waals surface area contributed by atoms with Crippen LogP contribution in [0.25, 0.3) is 0 Å². The molecule has 110 valence electrons. The van der Waals surface area contributed by atoms with Crippen molar-refractivity contribution in [1.29, 1.82) is 0 Å². The van der Waals surface area contributed by atoms with Gasteiger partial charge in [-0.15, -0.1) is 0 Å². The highest BCUT2D eigenvalue weighted by molar-refractivity contribution is 6.30. The molecule has 2 aromatic heterocycles. The fraction of sp³-hybridized carbons (Fsp3) is 0.357. The molecule has 1 saturated heterocycles. The van der Waals surface area contributed by atoms with Crippen LogP contribution < -0.4 is 4.90 Å². The fourth-order valence-electron chi connectivity index (χ4n) is 2.35. The summed E-state index contributed by atoms with van der Waals surface area (Å²) in [5, 5.41) is 0.517. The molecule has 6 nitrogen and oxygen atoms in total. The highest BCUT2D eigenvalue weighted by atomic mass is 35.5. The van der Waals surface area contributed by atoms with Crippen LogP contribution in [-0.2, 0) is 0 Å². The van der Waals surface area contributed by atoms with Gasteiger partial charge in [-0.2, -0.15) is 0 Å². The molecule has 0 aromatic carbocycles. The van der Waals surface area contributed by atoms with Gasteiger partial charge in [0.1, 0.15) is 0 Å². The third kappa shape index (κ3) is 3.16. The van der Waals surface area contributed by atoms with Crippen LogP contribution in [0.2, 0.25) is 5.02 Å². The summed E-state index contributed by atoms with van der Waals surface area (Å²) in [6.07, 6.45) is 5.54. The van der Waals surface area contributed by atoms with E-state index in [9.17, 15) is 4.79 Å². The van der Waals surface area contributed by atoms with Crippen molar-refractivity contribution in [3.8, 4) is 0 Å². The monoisotopic (exact) mass is 306 g/mol. The number of carbonyl (C=O) groups excluding carboxylic acids is 1. The number of rotatable bonds is 2. The summed E-state index contributed by atoms with van der Waals surface area (Å²) in [7, 11) is 0. The summed E-state index contributed by atoms with van der Waals surface area (Å²) < 4.78 is 5.17. The van der Waals surface area contributed by atoms with E-state index in [-0.39, 0.29) is 5.91 Å². The molecule has 3 rings (SSSR count). The number of nitrogens with zero attached hydrogens (tertiary/aromatic N) is 4. The first-order valence-corrected chi connectivity index (χ1v) is 7.17. The summed E-state index contributed by atoms with van der Waals surface area (Å²) in [4.78, 5) is 24.6. The smallest absolute Gasteiger partial charge is 0.289 e. The first kappa shape index (κ1) is 13.9. The van der Waals surface area contributed by atoms with Crippen molar-refractivity contribution < 1.29 is 9.21 Å². The molecule has 3 heterocycles. The number of halogens is 1. The van der Waals surface area contributed by atoms with Gasteiger partial charge < -0.3 is 14.2 Å². The summed E-state index contributed by atoms with van der Waals surface area (Å²) >= 11 is 5.80. The number of aromatic nitrogens is 2. The second-order valence-electron chi connectivity index (χ2n) is 4.81. The first-order valence-electron chi connectivity index (χ1n) is 6.79. The molecule has 2 aromatic rings. The minimum Gasteiger partial charge on any atom is -0.459 e. The van der Waals surface area contributed by atoms with Crippen molar-refractivity contribution in [2.24, 2.45) is 0 Å². The van der Waals surface area contributed by atoms with E-state index in [0.29, 0.717) is 36.4 Å². The number of furan rings is 1. The minimum absolute atomic E-state index is 0.0705. The molecule has 1 aliphatic rings. The summed E-state index contributed by atoms with van der Waals surface area (Å²) in [6.45, 7) is 2.81. The van der Waals surface area contributed by atoms with E-state index in [4.69, 9.17) is 16.0 Å². The SMILES string of the molecule is O=C(c1ccco1)N1CCCN(c2ncc(Cl)cn2)CC1. The average molecular weight is 307 g/mol. The van der Waals surface area contributed by atoms with Gasteiger partial charge in [0.05, 0.1) is 23.7 Å². The lowest BCUT2D eigenvalue weighted by Crippen LogP contribution is -2.35. The quantitative estimate of drug-likeness (QED) is 0.850. The van der Waals surface area contributed by atoms with Crippen LogP contribution in [-0.4, -0.2) is 47.0 Å². The van der Waals surface area contributed by atoms with Crippen molar-refractivity contribution >= 4 is 23.5 Å². The maximum absolute atomic E-state index is 12.3. The Morgan fingerprint density at radius 2 is 2.00 bits per heavy atom. The van der Waals surface area contributed by atoms with Crippen LogP contribution in [0.4, 0.5) is 5.95 Å². The van der Waals surface area contributed by atoms with Gasteiger partial charge in [0.15, 0.2) is 5.76 Å². The highest BCUT2D eigenvalue weighted by Crippen LogP contribution is 2.14. The average Bonchev–Trinajstić information content (AvgIpc) is 2.92. The van der Waals surface area contributed by atoms with Gasteiger partial charge >= 0.3 is 0 Å². The normalized spacial score (nSPS) is 15.9. The second-order valence-corrected chi connectivity index (χ2v) is 5.25. The number of amides is 1. The van der Waals surface area contributed by atoms with Gasteiger partial charge in [0, 0.05) is 26.2 Å². The van der Waals surface area contributed by atoms with Gasteiger partial charge in [0.2, 0.25) is 5.95 Å². The standard InChI is InChI=1S/C14H15ClN4O2/c15-11-9-16-14(17-10-11)19-5-2-4-18(6-7-19)13(20)12-3-1-8-21-12/h1,3,8-10H,2,4-7H2. The van der Waals surface area contributed by atoms with Crippen molar-refractivity contribution in [2.45, 2.75) is 6.42 Å². The lowest BCUT2D eigenvalue weighted by molar-refractivity contribution is 0.0735. The van der Waals surface area contributed by atoms with Crippen LogP contribution >= 0.6 is 11.6 Å². The molecule has 0 saturated carbocycles. The molecule has 0 aliphatic carbocycles. The van der Waals surface area contributed by atoms with E-state index in [1.165, 1.54) is 6.26 Å². The maximum atomic E-state index is 12.3. The van der Waals surface area contributed by atoms with Crippen LogP contribution in [0.3, 0.4) is 0 Å². The Balaban J connectivity index is 1.66. The summed E-state index contributed by atoms with van der Waals surface area (Å²) in [6, 6.07) is 3.41. The molecule has 1 aliphatic heterocycles. The van der Waals surface area contributed by atoms with Gasteiger partial charge in [-0.25, -0.2) is 9.97 Å². The van der Waals surface area contributed by atoms with Gasteiger partial charge in [-0.1, -0.05) is 11.6 Å². The molecule has 0 spiro atoms. The lowest BCUT2D eigenvalue weighted by Gasteiger charge is -2.21. The Kier molecular flexibility index (Phi) is 4.06. The van der Waals surface area contributed by atoms with E-state index < -0.39 is 0 Å². The summed E-state index contributed by atoms with van der Waals surface area (Å²) in [5.74, 6) is 0.955. The predicted molar refractivity (Wildman–Crippen MR) is 78.5 cm³/mol. The van der Waals surface area contributed by atoms with Crippen LogP contribution in [0, 0.1) is 0 Å². The van der Waals surface area contributed by atoms with Crippen molar-refractivity contribution in [3.63, 3.8) is 0 Å². The van der Waals surface area contributed by atoms with E-state index >= 15 is 0 Å². The van der Waals surface area contributed by atoms with E-state index in [1.807, 2.05) is 0 Å². The van der Waals surface area contributed by atoms with Crippen molar-refractivity contribution in [1.82, 2.24) is 14.9 Å². The molecular formula is C14H15ClN4O2. The molecule has 21 heavy (non-hydrogen) atoms. The van der Waals surface area contributed by atoms with Crippen LogP contribution in [0.15, 0.2) is 35.2 Å². The molecule has 1 fully saturated rings. The Labute approximate surface area is 127 Å². The molecule has 0 bridgehead atoms. The van der Waals surface area contributed by atoms with Gasteiger partial charge in [-0.05, 0) is 18.6 Å². The highest BCUT2D eigenvalue weighted by Gasteiger charge is 2.22. The third-order valence-electron chi connectivity index (χ3n) is 3.40. The Morgan fingerprint density at radius 1 is 1.19 bits per heavy atom. The number of hydrogen-bond donors (Lipinski definition) is 0. The molecule has 1 amide bonds. The Bertz CT molecular complexity index is 600. The molecule has 0 atom stereocenters. The third-order valence-corrected chi connectivity index (χ3v) is 3.60. The topological polar surface area (TPSA) is 62.5 Å². The zero-order valence-corrected chi connectivity index (χ0v) is 12.2.